The third-order valence-corrected chi connectivity index (χ3v) is 5.12. The van der Waals surface area contributed by atoms with Gasteiger partial charge in [-0.2, -0.15) is 13.2 Å². The molecule has 1 aliphatic heterocycles. The minimum atomic E-state index is -4.46. The van der Waals surface area contributed by atoms with Crippen LogP contribution in [-0.4, -0.2) is 23.3 Å². The molecule has 3 nitrogen and oxygen atoms in total. The molecule has 134 valence electrons. The number of nitrogens with one attached hydrogen (secondary N) is 1. The van der Waals surface area contributed by atoms with Crippen molar-refractivity contribution in [2.75, 3.05) is 13.1 Å². The van der Waals surface area contributed by atoms with Gasteiger partial charge in [-0.3, -0.25) is 0 Å². The third kappa shape index (κ3) is 3.26. The molecule has 1 unspecified atom stereocenters. The monoisotopic (exact) mass is 391 g/mol. The fourth-order valence-electron chi connectivity index (χ4n) is 3.11. The van der Waals surface area contributed by atoms with Crippen molar-refractivity contribution in [3.63, 3.8) is 0 Å². The van der Waals surface area contributed by atoms with E-state index in [0.29, 0.717) is 36.2 Å². The molecule has 0 bridgehead atoms. The van der Waals surface area contributed by atoms with E-state index >= 15 is 0 Å². The summed E-state index contributed by atoms with van der Waals surface area (Å²) in [5.41, 5.74) is 0.593. The third-order valence-electron chi connectivity index (χ3n) is 4.33. The van der Waals surface area contributed by atoms with Crippen molar-refractivity contribution < 1.29 is 23.4 Å². The highest BCUT2D eigenvalue weighted by molar-refractivity contribution is 6.37. The van der Waals surface area contributed by atoms with Crippen LogP contribution in [-0.2, 0) is 12.6 Å². The summed E-state index contributed by atoms with van der Waals surface area (Å²) in [5.74, 6) is -1.63. The molecule has 0 saturated heterocycles. The van der Waals surface area contributed by atoms with Crippen LogP contribution >= 0.6 is 23.2 Å². The van der Waals surface area contributed by atoms with Gasteiger partial charge in [-0.1, -0.05) is 41.4 Å². The highest BCUT2D eigenvalue weighted by Gasteiger charge is 2.33. The average molecular weight is 392 g/mol. The van der Waals surface area contributed by atoms with Gasteiger partial charge in [-0.05, 0) is 35.7 Å². The first-order valence-electron chi connectivity index (χ1n) is 7.51. The van der Waals surface area contributed by atoms with Crippen LogP contribution < -0.4 is 5.32 Å². The lowest BCUT2D eigenvalue weighted by Crippen LogP contribution is -2.21. The molecule has 1 heterocycles. The summed E-state index contributed by atoms with van der Waals surface area (Å²) < 4.78 is 39.1. The molecule has 2 aromatic carbocycles. The van der Waals surface area contributed by atoms with Crippen LogP contribution in [0, 0.1) is 0 Å². The van der Waals surface area contributed by atoms with Gasteiger partial charge in [0, 0.05) is 12.5 Å². The number of halogens is 5. The second kappa shape index (κ2) is 6.59. The molecule has 3 rings (SSSR count). The zero-order chi connectivity index (χ0) is 18.4. The standard InChI is InChI=1S/C17H14Cl2F3NO2/c18-13-10-4-5-23-7-11(12(10)14(19)16(25)15(13)24)8-2-1-3-9(6-8)17(20,21)22/h1-3,6,11,23-25H,4-5,7H2. The Morgan fingerprint density at radius 2 is 1.76 bits per heavy atom. The number of phenols is 2. The fourth-order valence-corrected chi connectivity index (χ4v) is 3.74. The molecular formula is C17H14Cl2F3NO2. The number of aromatic hydroxyl groups is 2. The molecule has 3 N–H and O–H groups in total. The normalized spacial score (nSPS) is 17.9. The maximum absolute atomic E-state index is 13.0. The number of rotatable bonds is 1. The topological polar surface area (TPSA) is 52.5 Å². The fraction of sp³-hybridized carbons (Fsp3) is 0.294. The van der Waals surface area contributed by atoms with Gasteiger partial charge < -0.3 is 15.5 Å². The van der Waals surface area contributed by atoms with Crippen LogP contribution in [0.2, 0.25) is 10.0 Å². The van der Waals surface area contributed by atoms with E-state index in [2.05, 4.69) is 5.32 Å². The van der Waals surface area contributed by atoms with Crippen LogP contribution in [0.3, 0.4) is 0 Å². The number of alkyl halides is 3. The Hall–Kier alpha value is -1.63. The first kappa shape index (κ1) is 18.2. The van der Waals surface area contributed by atoms with Crippen molar-refractivity contribution in [2.45, 2.75) is 18.5 Å². The summed E-state index contributed by atoms with van der Waals surface area (Å²) >= 11 is 12.4. The lowest BCUT2D eigenvalue weighted by atomic mass is 9.86. The Kier molecular flexibility index (Phi) is 4.79. The van der Waals surface area contributed by atoms with E-state index in [1.54, 1.807) is 6.07 Å². The van der Waals surface area contributed by atoms with Gasteiger partial charge in [0.1, 0.15) is 0 Å². The highest BCUT2D eigenvalue weighted by atomic mass is 35.5. The van der Waals surface area contributed by atoms with Gasteiger partial charge >= 0.3 is 6.18 Å². The van der Waals surface area contributed by atoms with E-state index in [9.17, 15) is 23.4 Å². The Morgan fingerprint density at radius 1 is 1.08 bits per heavy atom. The Morgan fingerprint density at radius 3 is 2.44 bits per heavy atom. The molecule has 0 amide bonds. The van der Waals surface area contributed by atoms with Crippen LogP contribution in [0.5, 0.6) is 11.5 Å². The first-order valence-corrected chi connectivity index (χ1v) is 8.27. The molecule has 1 atom stereocenters. The van der Waals surface area contributed by atoms with Crippen LogP contribution in [0.4, 0.5) is 13.2 Å². The minimum absolute atomic E-state index is 0.0300. The van der Waals surface area contributed by atoms with Gasteiger partial charge in [0.05, 0.1) is 15.6 Å². The lowest BCUT2D eigenvalue weighted by molar-refractivity contribution is -0.137. The van der Waals surface area contributed by atoms with E-state index in [4.69, 9.17) is 23.2 Å². The zero-order valence-electron chi connectivity index (χ0n) is 12.8. The van der Waals surface area contributed by atoms with Crippen molar-refractivity contribution in [3.8, 4) is 11.5 Å². The minimum Gasteiger partial charge on any atom is -0.503 e. The van der Waals surface area contributed by atoms with Crippen molar-refractivity contribution in [2.24, 2.45) is 0 Å². The van der Waals surface area contributed by atoms with E-state index in [0.717, 1.165) is 12.1 Å². The van der Waals surface area contributed by atoms with E-state index < -0.39 is 29.2 Å². The second-order valence-electron chi connectivity index (χ2n) is 5.85. The second-order valence-corrected chi connectivity index (χ2v) is 6.60. The summed E-state index contributed by atoms with van der Waals surface area (Å²) in [6.07, 6.45) is -4.03. The quantitative estimate of drug-likeness (QED) is 0.617. The van der Waals surface area contributed by atoms with E-state index in [1.165, 1.54) is 6.07 Å². The maximum Gasteiger partial charge on any atom is 0.416 e. The number of hydrogen-bond acceptors (Lipinski definition) is 3. The Balaban J connectivity index is 2.21. The smallest absolute Gasteiger partial charge is 0.416 e. The van der Waals surface area contributed by atoms with Gasteiger partial charge in [0.2, 0.25) is 0 Å². The molecule has 25 heavy (non-hydrogen) atoms. The summed E-state index contributed by atoms with van der Waals surface area (Å²) in [4.78, 5) is 0. The SMILES string of the molecule is Oc1c(O)c(Cl)c2c(c1Cl)CCNCC2c1cccc(C(F)(F)F)c1. The molecule has 0 aromatic heterocycles. The van der Waals surface area contributed by atoms with Crippen molar-refractivity contribution >= 4 is 23.2 Å². The van der Waals surface area contributed by atoms with Gasteiger partial charge in [0.25, 0.3) is 0 Å². The molecule has 0 fully saturated rings. The predicted octanol–water partition coefficient (Wildman–Crippen LogP) is 4.70. The molecule has 0 aliphatic carbocycles. The van der Waals surface area contributed by atoms with Gasteiger partial charge in [0.15, 0.2) is 11.5 Å². The Labute approximate surface area is 152 Å². The number of phenolic OH excluding ortho intramolecular Hbond substituents is 2. The van der Waals surface area contributed by atoms with Crippen LogP contribution in [0.1, 0.15) is 28.2 Å². The van der Waals surface area contributed by atoms with Crippen molar-refractivity contribution in [1.82, 2.24) is 5.32 Å². The Bertz CT molecular complexity index is 825. The van der Waals surface area contributed by atoms with Crippen molar-refractivity contribution in [3.05, 3.63) is 56.6 Å². The number of hydrogen-bond donors (Lipinski definition) is 3. The molecule has 2 aromatic rings. The van der Waals surface area contributed by atoms with Crippen LogP contribution in [0.25, 0.3) is 0 Å². The zero-order valence-corrected chi connectivity index (χ0v) is 14.3. The lowest BCUT2D eigenvalue weighted by Gasteiger charge is -2.22. The molecule has 1 aliphatic rings. The molecule has 8 heteroatoms. The largest absolute Gasteiger partial charge is 0.503 e. The average Bonchev–Trinajstić information content (AvgIpc) is 2.80. The number of fused-ring (bicyclic) bond motifs is 1. The predicted molar refractivity (Wildman–Crippen MR) is 89.7 cm³/mol. The van der Waals surface area contributed by atoms with E-state index in [1.807, 2.05) is 0 Å². The van der Waals surface area contributed by atoms with E-state index in [-0.39, 0.29) is 10.0 Å². The van der Waals surface area contributed by atoms with Gasteiger partial charge in [-0.25, -0.2) is 0 Å². The number of benzene rings is 2. The molecule has 0 saturated carbocycles. The summed E-state index contributed by atoms with van der Waals surface area (Å²) in [6, 6.07) is 4.97. The maximum atomic E-state index is 13.0. The van der Waals surface area contributed by atoms with Gasteiger partial charge in [-0.15, -0.1) is 0 Å². The summed E-state index contributed by atoms with van der Waals surface area (Å²) in [6.45, 7) is 0.845. The molecular weight excluding hydrogens is 378 g/mol. The summed E-state index contributed by atoms with van der Waals surface area (Å²) in [7, 11) is 0. The van der Waals surface area contributed by atoms with Crippen LogP contribution in [0.15, 0.2) is 24.3 Å². The molecule has 0 spiro atoms. The first-order chi connectivity index (χ1) is 11.7. The van der Waals surface area contributed by atoms with Crippen molar-refractivity contribution in [1.29, 1.82) is 0 Å². The summed E-state index contributed by atoms with van der Waals surface area (Å²) in [5, 5.41) is 22.9. The molecule has 0 radical (unpaired) electrons. The highest BCUT2D eigenvalue weighted by Crippen LogP contribution is 2.49.